The molecule has 1 N–H and O–H groups in total. The van der Waals surface area contributed by atoms with Gasteiger partial charge in [0.2, 0.25) is 10.0 Å². The highest BCUT2D eigenvalue weighted by Crippen LogP contribution is 2.30. The first-order valence-electron chi connectivity index (χ1n) is 11.1. The van der Waals surface area contributed by atoms with Gasteiger partial charge in [0.05, 0.1) is 4.91 Å². The monoisotopic (exact) mass is 477 g/mol. The normalized spacial score (nSPS) is 18.1. The van der Waals surface area contributed by atoms with Crippen LogP contribution in [-0.2, 0) is 16.4 Å². The topological polar surface area (TPSA) is 61.9 Å². The van der Waals surface area contributed by atoms with E-state index in [4.69, 9.17) is 0 Å². The Hall–Kier alpha value is -2.49. The lowest BCUT2D eigenvalue weighted by Gasteiger charge is -2.39. The molecule has 0 amide bonds. The Balaban J connectivity index is 1.32. The van der Waals surface area contributed by atoms with E-state index >= 15 is 0 Å². The standard InChI is InChI=1S/C24H29F2N3O3S/c1-18(28-11-13-29(14-12-28)21-5-3-2-4-6-21)17-27-33(30,31)23-10-8-19-15-22(32-24(25)26)9-7-20(19)16-23/h2-7,9,15-16,18,24,27H,8,10-14,17H2,1H3. The molecule has 1 aliphatic carbocycles. The number of sulfonamides is 1. The van der Waals surface area contributed by atoms with Crippen LogP contribution in [0.3, 0.4) is 0 Å². The summed E-state index contributed by atoms with van der Waals surface area (Å²) < 4.78 is 57.9. The molecule has 9 heteroatoms. The molecule has 0 radical (unpaired) electrons. The Kier molecular flexibility index (Phi) is 7.31. The number of rotatable bonds is 8. The van der Waals surface area contributed by atoms with Gasteiger partial charge in [-0.2, -0.15) is 8.78 Å². The minimum atomic E-state index is -3.62. The molecule has 1 unspecified atom stereocenters. The van der Waals surface area contributed by atoms with Gasteiger partial charge in [0.15, 0.2) is 0 Å². The number of piperazine rings is 1. The first-order valence-corrected chi connectivity index (χ1v) is 12.6. The first-order chi connectivity index (χ1) is 15.8. The van der Waals surface area contributed by atoms with E-state index < -0.39 is 16.6 Å². The van der Waals surface area contributed by atoms with Crippen LogP contribution in [0.2, 0.25) is 0 Å². The molecule has 0 saturated carbocycles. The van der Waals surface area contributed by atoms with Gasteiger partial charge in [0.1, 0.15) is 5.75 Å². The Labute approximate surface area is 193 Å². The third-order valence-corrected chi connectivity index (χ3v) is 7.83. The zero-order valence-electron chi connectivity index (χ0n) is 18.6. The van der Waals surface area contributed by atoms with E-state index in [9.17, 15) is 17.2 Å². The van der Waals surface area contributed by atoms with Gasteiger partial charge < -0.3 is 9.64 Å². The number of allylic oxidation sites excluding steroid dienone is 1. The molecule has 0 bridgehead atoms. The van der Waals surface area contributed by atoms with Gasteiger partial charge in [-0.3, -0.25) is 4.90 Å². The van der Waals surface area contributed by atoms with E-state index in [1.54, 1.807) is 18.2 Å². The predicted octanol–water partition coefficient (Wildman–Crippen LogP) is 3.71. The average Bonchev–Trinajstić information content (AvgIpc) is 2.82. The highest BCUT2D eigenvalue weighted by molar-refractivity contribution is 7.93. The van der Waals surface area contributed by atoms with Crippen LogP contribution in [0.25, 0.3) is 6.08 Å². The molecule has 1 aliphatic heterocycles. The number of benzene rings is 2. The van der Waals surface area contributed by atoms with Crippen molar-refractivity contribution in [1.29, 1.82) is 0 Å². The van der Waals surface area contributed by atoms with Crippen molar-refractivity contribution in [2.75, 3.05) is 37.6 Å². The molecule has 2 aliphatic rings. The zero-order valence-corrected chi connectivity index (χ0v) is 19.4. The maximum absolute atomic E-state index is 12.9. The van der Waals surface area contributed by atoms with Crippen molar-refractivity contribution in [3.8, 4) is 5.75 Å². The number of anilines is 1. The molecule has 0 spiro atoms. The number of nitrogens with one attached hydrogen (secondary N) is 1. The van der Waals surface area contributed by atoms with Crippen molar-refractivity contribution in [3.63, 3.8) is 0 Å². The van der Waals surface area contributed by atoms with E-state index in [-0.39, 0.29) is 11.8 Å². The van der Waals surface area contributed by atoms with Gasteiger partial charge in [-0.1, -0.05) is 24.3 Å². The van der Waals surface area contributed by atoms with Crippen molar-refractivity contribution >= 4 is 21.8 Å². The van der Waals surface area contributed by atoms with Gasteiger partial charge >= 0.3 is 6.61 Å². The first kappa shape index (κ1) is 23.7. The van der Waals surface area contributed by atoms with E-state index in [2.05, 4.69) is 31.4 Å². The minimum Gasteiger partial charge on any atom is -0.435 e. The number of hydrogen-bond acceptors (Lipinski definition) is 5. The Bertz CT molecular complexity index is 1090. The highest BCUT2D eigenvalue weighted by atomic mass is 32.2. The summed E-state index contributed by atoms with van der Waals surface area (Å²) in [4.78, 5) is 4.96. The van der Waals surface area contributed by atoms with E-state index in [1.165, 1.54) is 11.8 Å². The second-order valence-corrected chi connectivity index (χ2v) is 10.2. The number of para-hydroxylation sites is 1. The number of hydrogen-bond donors (Lipinski definition) is 1. The quantitative estimate of drug-likeness (QED) is 0.628. The van der Waals surface area contributed by atoms with E-state index in [1.807, 2.05) is 25.1 Å². The highest BCUT2D eigenvalue weighted by Gasteiger charge is 2.25. The fraction of sp³-hybridized carbons (Fsp3) is 0.417. The second-order valence-electron chi connectivity index (χ2n) is 8.41. The molecule has 1 fully saturated rings. The average molecular weight is 478 g/mol. The summed E-state index contributed by atoms with van der Waals surface area (Å²) in [7, 11) is -3.62. The van der Waals surface area contributed by atoms with Crippen molar-refractivity contribution in [1.82, 2.24) is 9.62 Å². The van der Waals surface area contributed by atoms with Crippen LogP contribution in [0.4, 0.5) is 14.5 Å². The second kappa shape index (κ2) is 10.2. The van der Waals surface area contributed by atoms with Gasteiger partial charge in [-0.15, -0.1) is 0 Å². The number of ether oxygens (including phenoxy) is 1. The number of halogens is 2. The van der Waals surface area contributed by atoms with Crippen LogP contribution >= 0.6 is 0 Å². The lowest BCUT2D eigenvalue weighted by atomic mass is 9.97. The fourth-order valence-electron chi connectivity index (χ4n) is 4.34. The molecule has 2 aromatic rings. The molecule has 1 saturated heterocycles. The van der Waals surface area contributed by atoms with Gasteiger partial charge in [0, 0.05) is 44.5 Å². The van der Waals surface area contributed by atoms with Crippen LogP contribution in [0.5, 0.6) is 5.75 Å². The Morgan fingerprint density at radius 2 is 1.76 bits per heavy atom. The molecule has 1 atom stereocenters. The maximum atomic E-state index is 12.9. The summed E-state index contributed by atoms with van der Waals surface area (Å²) in [6.45, 7) is 3.04. The summed E-state index contributed by atoms with van der Waals surface area (Å²) in [6, 6.07) is 15.0. The van der Waals surface area contributed by atoms with Crippen LogP contribution < -0.4 is 14.4 Å². The maximum Gasteiger partial charge on any atom is 0.387 e. The summed E-state index contributed by atoms with van der Waals surface area (Å²) in [6.07, 6.45) is 2.40. The van der Waals surface area contributed by atoms with Gasteiger partial charge in [-0.05, 0) is 61.2 Å². The lowest BCUT2D eigenvalue weighted by molar-refractivity contribution is -0.0498. The Morgan fingerprint density at radius 1 is 1.03 bits per heavy atom. The smallest absolute Gasteiger partial charge is 0.387 e. The largest absolute Gasteiger partial charge is 0.435 e. The van der Waals surface area contributed by atoms with Crippen LogP contribution in [-0.4, -0.2) is 58.7 Å². The molecule has 33 heavy (non-hydrogen) atoms. The molecule has 178 valence electrons. The number of aryl methyl sites for hydroxylation is 1. The molecule has 0 aromatic heterocycles. The van der Waals surface area contributed by atoms with E-state index in [0.29, 0.717) is 29.9 Å². The fourth-order valence-corrected chi connectivity index (χ4v) is 5.64. The zero-order chi connectivity index (χ0) is 23.4. The SMILES string of the molecule is CC(CNS(=O)(=O)C1=Cc2ccc(OC(F)F)cc2CC1)N1CCN(c2ccccc2)CC1. The van der Waals surface area contributed by atoms with Crippen molar-refractivity contribution in [2.24, 2.45) is 0 Å². The molecule has 4 rings (SSSR count). The Morgan fingerprint density at radius 3 is 2.45 bits per heavy atom. The molecular formula is C24H29F2N3O3S. The van der Waals surface area contributed by atoms with Gasteiger partial charge in [0.25, 0.3) is 0 Å². The third-order valence-electron chi connectivity index (χ3n) is 6.27. The molecule has 6 nitrogen and oxygen atoms in total. The van der Waals surface area contributed by atoms with Crippen molar-refractivity contribution in [2.45, 2.75) is 32.4 Å². The van der Waals surface area contributed by atoms with Crippen LogP contribution in [0.15, 0.2) is 53.4 Å². The predicted molar refractivity (Wildman–Crippen MR) is 126 cm³/mol. The van der Waals surface area contributed by atoms with Crippen LogP contribution in [0.1, 0.15) is 24.5 Å². The lowest BCUT2D eigenvalue weighted by Crippen LogP contribution is -2.52. The molecule has 2 aromatic carbocycles. The van der Waals surface area contributed by atoms with Crippen molar-refractivity contribution in [3.05, 3.63) is 64.6 Å². The number of alkyl halides is 2. The summed E-state index contributed by atoms with van der Waals surface area (Å²) in [5.74, 6) is 0.0859. The minimum absolute atomic E-state index is 0.0724. The summed E-state index contributed by atoms with van der Waals surface area (Å²) in [5, 5.41) is 0. The molecule has 1 heterocycles. The van der Waals surface area contributed by atoms with Gasteiger partial charge in [-0.25, -0.2) is 13.1 Å². The van der Waals surface area contributed by atoms with Crippen LogP contribution in [0, 0.1) is 0 Å². The van der Waals surface area contributed by atoms with Crippen molar-refractivity contribution < 1.29 is 21.9 Å². The summed E-state index contributed by atoms with van der Waals surface area (Å²) >= 11 is 0. The third kappa shape index (κ3) is 5.90. The van der Waals surface area contributed by atoms with E-state index in [0.717, 1.165) is 31.7 Å². The number of nitrogens with zero attached hydrogens (tertiary/aromatic N) is 2. The molecular weight excluding hydrogens is 448 g/mol. The summed E-state index contributed by atoms with van der Waals surface area (Å²) in [5.41, 5.74) is 2.73. The number of fused-ring (bicyclic) bond motifs is 1.